The summed E-state index contributed by atoms with van der Waals surface area (Å²) in [6.07, 6.45) is -3.05. The van der Waals surface area contributed by atoms with Crippen LogP contribution in [0.25, 0.3) is 0 Å². The third kappa shape index (κ3) is 14.3. The molecule has 2 heterocycles. The van der Waals surface area contributed by atoms with Gasteiger partial charge in [-0.3, -0.25) is 56.7 Å². The quantitative estimate of drug-likeness (QED) is 0.0308. The maximum atomic E-state index is 14.7. The first-order valence-corrected chi connectivity index (χ1v) is 19.6. The van der Waals surface area contributed by atoms with Crippen LogP contribution in [0.1, 0.15) is 59.8 Å². The van der Waals surface area contributed by atoms with Crippen molar-refractivity contribution in [3.63, 3.8) is 0 Å². The molecule has 334 valence electrons. The molecule has 2 N–H and O–H groups in total. The van der Waals surface area contributed by atoms with Crippen molar-refractivity contribution in [3.05, 3.63) is 32.6 Å². The number of aromatic nitrogens is 2. The minimum atomic E-state index is -5.37. The number of aromatic amines is 1. The number of nitrogens with zero attached hydrogens (tertiary/aromatic N) is 1. The first-order valence-electron chi connectivity index (χ1n) is 18.1. The van der Waals surface area contributed by atoms with E-state index in [9.17, 15) is 48.0 Å². The maximum Gasteiger partial charge on any atom is 0.474 e. The molecule has 1 aromatic rings. The zero-order chi connectivity index (χ0) is 44.4. The van der Waals surface area contributed by atoms with E-state index in [4.69, 9.17) is 56.2 Å². The molecule has 0 amide bonds. The number of hydrogen-bond acceptors (Lipinski definition) is 22. The highest BCUT2D eigenvalue weighted by Crippen LogP contribution is 2.53. The third-order valence-electron chi connectivity index (χ3n) is 8.05. The standard InChI is InChI=1S/C34H51N2O22P/c1-8-49-28(41)33(29(42)50-9-2,15-47-19-53-22(6)37)17-56-59(46,55-14-25-24(39)12-26(58-25)36-13-21(5)27(40)35-32(36)45)57-18-34(30(43)51-10-3,31(44)52-11-4)16-48-20-54-23(7)38/h13,24-26,39H,8-12,14-20H2,1-7H3,(H,35,40,45)/t24-,25-,26-/m1/s1. The predicted octanol–water partition coefficient (Wildman–Crippen LogP) is -0.0491. The minimum absolute atomic E-state index is 0.140. The van der Waals surface area contributed by atoms with Gasteiger partial charge in [-0.25, -0.2) is 9.36 Å². The predicted molar refractivity (Wildman–Crippen MR) is 193 cm³/mol. The number of aliphatic hydroxyl groups is 1. The van der Waals surface area contributed by atoms with Crippen molar-refractivity contribution in [2.24, 2.45) is 10.8 Å². The average molecular weight is 871 g/mol. The van der Waals surface area contributed by atoms with E-state index in [1.807, 2.05) is 0 Å². The van der Waals surface area contributed by atoms with E-state index in [-0.39, 0.29) is 38.4 Å². The number of hydrogen-bond donors (Lipinski definition) is 2. The van der Waals surface area contributed by atoms with Crippen LogP contribution in [0.4, 0.5) is 0 Å². The largest absolute Gasteiger partial charge is 0.474 e. The van der Waals surface area contributed by atoms with Gasteiger partial charge in [0.15, 0.2) is 13.6 Å². The molecule has 24 nitrogen and oxygen atoms in total. The van der Waals surface area contributed by atoms with Gasteiger partial charge in [-0.1, -0.05) is 0 Å². The Balaban J connectivity index is 2.64. The second kappa shape index (κ2) is 23.9. The molecule has 1 fully saturated rings. The number of ether oxygens (including phenoxy) is 9. The van der Waals surface area contributed by atoms with Gasteiger partial charge in [-0.15, -0.1) is 0 Å². The van der Waals surface area contributed by atoms with Crippen molar-refractivity contribution < 1.29 is 94.6 Å². The second-order valence-electron chi connectivity index (χ2n) is 12.5. The molecule has 0 radical (unpaired) electrons. The summed E-state index contributed by atoms with van der Waals surface area (Å²) >= 11 is 0. The summed E-state index contributed by atoms with van der Waals surface area (Å²) in [5.74, 6) is -6.85. The molecule has 3 atom stereocenters. The fraction of sp³-hybridized carbons (Fsp3) is 0.706. The molecule has 0 unspecified atom stereocenters. The van der Waals surface area contributed by atoms with Gasteiger partial charge in [-0.05, 0) is 34.6 Å². The molecular weight excluding hydrogens is 819 g/mol. The van der Waals surface area contributed by atoms with E-state index < -0.39 is 131 Å². The molecule has 0 bridgehead atoms. The Kier molecular flexibility index (Phi) is 20.5. The lowest BCUT2D eigenvalue weighted by Gasteiger charge is -2.32. The summed E-state index contributed by atoms with van der Waals surface area (Å²) in [5.41, 5.74) is -6.64. The van der Waals surface area contributed by atoms with E-state index in [1.165, 1.54) is 40.8 Å². The Bertz CT molecular complexity index is 1670. The number of phosphoric ester groups is 1. The SMILES string of the molecule is CCOC(=O)C(COCOC(C)=O)(COP(=O)(OC[C@H]1O[C@@H](n2cc(C)c(=O)[nH]c2=O)C[C@H]1O)OCC(COCOC(C)=O)(C(=O)OCC)C(=O)OCC)C(=O)OCC. The number of aliphatic hydroxyl groups excluding tert-OH is 1. The number of H-pyrrole nitrogens is 1. The number of carbonyl (C=O) groups excluding carboxylic acids is 6. The number of nitrogens with one attached hydrogen (secondary N) is 1. The zero-order valence-corrected chi connectivity index (χ0v) is 34.6. The fourth-order valence-electron chi connectivity index (χ4n) is 4.97. The van der Waals surface area contributed by atoms with E-state index in [2.05, 4.69) is 4.98 Å². The number of phosphoric acid groups is 1. The third-order valence-corrected chi connectivity index (χ3v) is 9.40. The topological polar surface area (TPSA) is 305 Å². The van der Waals surface area contributed by atoms with Crippen LogP contribution in [-0.2, 0) is 89.5 Å². The Morgan fingerprint density at radius 2 is 1.17 bits per heavy atom. The summed E-state index contributed by atoms with van der Waals surface area (Å²) in [4.78, 5) is 103. The summed E-state index contributed by atoms with van der Waals surface area (Å²) in [6, 6.07) is 0. The van der Waals surface area contributed by atoms with Crippen LogP contribution in [0.15, 0.2) is 15.8 Å². The highest BCUT2D eigenvalue weighted by atomic mass is 31.2. The normalized spacial score (nSPS) is 16.8. The van der Waals surface area contributed by atoms with Crippen LogP contribution in [0.2, 0.25) is 0 Å². The minimum Gasteiger partial charge on any atom is -0.465 e. The molecule has 1 saturated heterocycles. The van der Waals surface area contributed by atoms with Crippen LogP contribution in [-0.4, -0.2) is 136 Å². The van der Waals surface area contributed by atoms with E-state index >= 15 is 0 Å². The van der Waals surface area contributed by atoms with Gasteiger partial charge in [0, 0.05) is 32.0 Å². The van der Waals surface area contributed by atoms with Crippen molar-refractivity contribution in [3.8, 4) is 0 Å². The molecule has 59 heavy (non-hydrogen) atoms. The molecular formula is C34H51N2O22P. The zero-order valence-electron chi connectivity index (χ0n) is 33.7. The lowest BCUT2D eigenvalue weighted by atomic mass is 9.90. The summed E-state index contributed by atoms with van der Waals surface area (Å²) in [7, 11) is -5.37. The number of rotatable bonds is 26. The van der Waals surface area contributed by atoms with Crippen LogP contribution in [0.3, 0.4) is 0 Å². The Morgan fingerprint density at radius 1 is 0.746 bits per heavy atom. The van der Waals surface area contributed by atoms with E-state index in [0.717, 1.165) is 18.4 Å². The van der Waals surface area contributed by atoms with Gasteiger partial charge < -0.3 is 47.7 Å². The van der Waals surface area contributed by atoms with Crippen LogP contribution in [0, 0.1) is 17.8 Å². The molecule has 0 aromatic carbocycles. The Hall–Kier alpha value is -4.55. The first-order chi connectivity index (χ1) is 27.8. The highest BCUT2D eigenvalue weighted by molar-refractivity contribution is 7.48. The van der Waals surface area contributed by atoms with E-state index in [0.29, 0.717) is 0 Å². The molecule has 0 aliphatic carbocycles. The molecule has 1 aromatic heterocycles. The number of aryl methyl sites for hydroxylation is 1. The van der Waals surface area contributed by atoms with Crippen LogP contribution < -0.4 is 11.2 Å². The Labute approximate surface area is 337 Å². The van der Waals surface area contributed by atoms with Crippen molar-refractivity contribution in [2.75, 3.05) is 73.0 Å². The van der Waals surface area contributed by atoms with Gasteiger partial charge in [0.05, 0.1) is 65.6 Å². The monoisotopic (exact) mass is 870 g/mol. The molecule has 0 saturated carbocycles. The molecule has 1 aliphatic rings. The maximum absolute atomic E-state index is 14.7. The first kappa shape index (κ1) is 50.6. The molecule has 0 spiro atoms. The number of carbonyl (C=O) groups is 6. The lowest BCUT2D eigenvalue weighted by molar-refractivity contribution is -0.185. The van der Waals surface area contributed by atoms with Gasteiger partial charge in [0.25, 0.3) is 5.56 Å². The molecule has 1 aliphatic heterocycles. The van der Waals surface area contributed by atoms with Crippen molar-refractivity contribution in [1.82, 2.24) is 9.55 Å². The Morgan fingerprint density at radius 3 is 1.56 bits per heavy atom. The fourth-order valence-corrected chi connectivity index (χ4v) is 6.28. The number of esters is 6. The highest BCUT2D eigenvalue weighted by Gasteiger charge is 2.55. The summed E-state index contributed by atoms with van der Waals surface area (Å²) in [5, 5.41) is 10.9. The second-order valence-corrected chi connectivity index (χ2v) is 14.1. The van der Waals surface area contributed by atoms with Crippen molar-refractivity contribution in [2.45, 2.75) is 73.3 Å². The van der Waals surface area contributed by atoms with Gasteiger partial charge in [-0.2, -0.15) is 0 Å². The van der Waals surface area contributed by atoms with Gasteiger partial charge >= 0.3 is 49.3 Å². The molecule has 25 heteroatoms. The van der Waals surface area contributed by atoms with Crippen molar-refractivity contribution in [1.29, 1.82) is 0 Å². The van der Waals surface area contributed by atoms with E-state index in [1.54, 1.807) is 0 Å². The summed E-state index contributed by atoms with van der Waals surface area (Å²) < 4.78 is 78.6. The summed E-state index contributed by atoms with van der Waals surface area (Å²) in [6.45, 7) is 1.09. The smallest absolute Gasteiger partial charge is 0.465 e. The molecule has 2 rings (SSSR count). The van der Waals surface area contributed by atoms with Crippen molar-refractivity contribution >= 4 is 43.6 Å². The van der Waals surface area contributed by atoms with Crippen LogP contribution >= 0.6 is 7.82 Å². The van der Waals surface area contributed by atoms with Crippen LogP contribution in [0.5, 0.6) is 0 Å². The van der Waals surface area contributed by atoms with Gasteiger partial charge in [0.1, 0.15) is 12.3 Å². The van der Waals surface area contributed by atoms with Gasteiger partial charge in [0.2, 0.25) is 10.8 Å². The average Bonchev–Trinajstić information content (AvgIpc) is 3.54. The lowest BCUT2D eigenvalue weighted by Crippen LogP contribution is -2.50.